The van der Waals surface area contributed by atoms with Gasteiger partial charge in [0.25, 0.3) is 5.91 Å². The summed E-state index contributed by atoms with van der Waals surface area (Å²) in [5.74, 6) is -0.259. The lowest BCUT2D eigenvalue weighted by atomic mass is 9.95. The molecule has 5 aromatic rings. The van der Waals surface area contributed by atoms with E-state index in [1.807, 2.05) is 44.2 Å². The molecule has 0 fully saturated rings. The molecule has 3 aromatic carbocycles. The van der Waals surface area contributed by atoms with Gasteiger partial charge in [0, 0.05) is 5.75 Å². The predicted octanol–water partition coefficient (Wildman–Crippen LogP) is 7.58. The maximum atomic E-state index is 14.0. The number of aromatic nitrogens is 3. The van der Waals surface area contributed by atoms with E-state index in [0.29, 0.717) is 49.3 Å². The number of ether oxygens (including phenoxy) is 2. The third kappa shape index (κ3) is 6.41. The summed E-state index contributed by atoms with van der Waals surface area (Å²) in [6, 6.07) is 22.2. The Morgan fingerprint density at radius 2 is 1.72 bits per heavy atom. The van der Waals surface area contributed by atoms with Crippen LogP contribution in [0.25, 0.3) is 0 Å². The second-order valence-corrected chi connectivity index (χ2v) is 14.0. The van der Waals surface area contributed by atoms with Crippen molar-refractivity contribution < 1.29 is 24.2 Å². The summed E-state index contributed by atoms with van der Waals surface area (Å²) in [6.45, 7) is 5.91. The van der Waals surface area contributed by atoms with Gasteiger partial charge in [0.15, 0.2) is 21.6 Å². The van der Waals surface area contributed by atoms with Crippen LogP contribution in [0.15, 0.2) is 88.5 Å². The van der Waals surface area contributed by atoms with Crippen LogP contribution in [0.3, 0.4) is 0 Å². The topological polar surface area (TPSA) is 115 Å². The maximum Gasteiger partial charge on any atom is 0.296 e. The Labute approximate surface area is 278 Å². The van der Waals surface area contributed by atoms with Crippen LogP contribution in [0.4, 0.5) is 5.13 Å². The first-order chi connectivity index (χ1) is 22.2. The minimum Gasteiger partial charge on any atom is -0.503 e. The molecule has 0 saturated heterocycles. The number of aliphatic hydroxyl groups excluding tert-OH is 1. The summed E-state index contributed by atoms with van der Waals surface area (Å²) in [5, 5.41) is 20.9. The number of aliphatic hydroxyl groups is 1. The first kappa shape index (κ1) is 31.5. The number of rotatable bonds is 11. The van der Waals surface area contributed by atoms with E-state index < -0.39 is 23.5 Å². The van der Waals surface area contributed by atoms with Gasteiger partial charge < -0.3 is 14.6 Å². The molecule has 6 rings (SSSR count). The molecule has 0 radical (unpaired) electrons. The van der Waals surface area contributed by atoms with Crippen molar-refractivity contribution in [2.75, 3.05) is 12.0 Å². The van der Waals surface area contributed by atoms with Crippen molar-refractivity contribution in [3.05, 3.63) is 122 Å². The molecule has 0 saturated carbocycles. The quantitative estimate of drug-likeness (QED) is 0.0863. The Morgan fingerprint density at radius 1 is 0.957 bits per heavy atom. The van der Waals surface area contributed by atoms with E-state index in [4.69, 9.17) is 9.47 Å². The van der Waals surface area contributed by atoms with Gasteiger partial charge in [-0.25, -0.2) is 4.98 Å². The molecule has 0 bridgehead atoms. The number of benzene rings is 3. The highest BCUT2D eigenvalue weighted by atomic mass is 32.2. The Hall–Kier alpha value is -4.52. The fourth-order valence-corrected chi connectivity index (χ4v) is 7.81. The SMILES string of the molecule is COc1cc(C2C(C(=O)c3sc(C)nc3C)=C(O)C(=O)N2c2nnc(SCc3ccc(C)cc3)s2)ccc1OCc1ccccc1. The van der Waals surface area contributed by atoms with Crippen molar-refractivity contribution >= 4 is 51.3 Å². The second-order valence-electron chi connectivity index (χ2n) is 10.6. The Balaban J connectivity index is 1.36. The summed E-state index contributed by atoms with van der Waals surface area (Å²) in [4.78, 5) is 33.9. The highest BCUT2D eigenvalue weighted by molar-refractivity contribution is 8.00. The number of carbonyl (C=O) groups excluding carboxylic acids is 2. The van der Waals surface area contributed by atoms with Gasteiger partial charge in [-0.05, 0) is 49.6 Å². The van der Waals surface area contributed by atoms with Crippen molar-refractivity contribution in [3.63, 3.8) is 0 Å². The van der Waals surface area contributed by atoms with Crippen molar-refractivity contribution in [1.82, 2.24) is 15.2 Å². The minimum atomic E-state index is -0.998. The number of thioether (sulfide) groups is 1. The fourth-order valence-electron chi connectivity index (χ4n) is 5.11. The Bertz CT molecular complexity index is 1940. The van der Waals surface area contributed by atoms with Gasteiger partial charge >= 0.3 is 0 Å². The van der Waals surface area contributed by atoms with E-state index >= 15 is 0 Å². The van der Waals surface area contributed by atoms with E-state index in [2.05, 4.69) is 39.4 Å². The van der Waals surface area contributed by atoms with E-state index in [9.17, 15) is 14.7 Å². The first-order valence-corrected chi connectivity index (χ1v) is 17.0. The molecule has 0 spiro atoms. The zero-order valence-corrected chi connectivity index (χ0v) is 28.0. The number of aryl methyl sites for hydroxylation is 3. The van der Waals surface area contributed by atoms with Crippen molar-refractivity contribution in [1.29, 1.82) is 0 Å². The smallest absolute Gasteiger partial charge is 0.296 e. The number of hydrogen-bond donors (Lipinski definition) is 1. The van der Waals surface area contributed by atoms with Crippen molar-refractivity contribution in [3.8, 4) is 11.5 Å². The lowest BCUT2D eigenvalue weighted by Gasteiger charge is -2.25. The number of carbonyl (C=O) groups is 2. The molecular weight excluding hydrogens is 641 g/mol. The average molecular weight is 671 g/mol. The second kappa shape index (κ2) is 13.5. The highest BCUT2D eigenvalue weighted by Gasteiger charge is 2.47. The molecule has 0 aliphatic carbocycles. The van der Waals surface area contributed by atoms with E-state index in [1.165, 1.54) is 52.0 Å². The van der Waals surface area contributed by atoms with Crippen LogP contribution in [-0.4, -0.2) is 39.1 Å². The molecule has 9 nitrogen and oxygen atoms in total. The summed E-state index contributed by atoms with van der Waals surface area (Å²) in [6.07, 6.45) is 0. The summed E-state index contributed by atoms with van der Waals surface area (Å²) in [5.41, 5.74) is 4.31. The third-order valence-corrected chi connectivity index (χ3v) is 10.6. The fraction of sp³-hybridized carbons (Fsp3) is 0.206. The van der Waals surface area contributed by atoms with Gasteiger partial charge in [0.2, 0.25) is 10.9 Å². The molecule has 1 atom stereocenters. The number of anilines is 1. The Morgan fingerprint density at radius 3 is 2.41 bits per heavy atom. The lowest BCUT2D eigenvalue weighted by Crippen LogP contribution is -2.31. The van der Waals surface area contributed by atoms with E-state index in [-0.39, 0.29) is 10.7 Å². The number of methoxy groups -OCH3 is 1. The molecule has 1 unspecified atom stereocenters. The third-order valence-electron chi connectivity index (χ3n) is 7.39. The number of thiazole rings is 1. The standard InChI is InChI=1S/C34H30N4O5S3/c1-19-10-12-23(13-11-19)18-44-34-37-36-33(46-34)38-28(27(30(40)32(38)41)29(39)31-20(2)35-21(3)45-31)24-14-15-25(26(16-24)42-4)43-17-22-8-6-5-7-9-22/h5-16,28,40H,17-18H2,1-4H3. The summed E-state index contributed by atoms with van der Waals surface area (Å²) >= 11 is 3.94. The van der Waals surface area contributed by atoms with Crippen LogP contribution < -0.4 is 14.4 Å². The van der Waals surface area contributed by atoms with Crippen LogP contribution in [0, 0.1) is 20.8 Å². The Kier molecular flexibility index (Phi) is 9.20. The molecule has 1 amide bonds. The van der Waals surface area contributed by atoms with Crippen LogP contribution in [0.2, 0.25) is 0 Å². The molecular formula is C34H30N4O5S3. The predicted molar refractivity (Wildman–Crippen MR) is 180 cm³/mol. The molecule has 12 heteroatoms. The van der Waals surface area contributed by atoms with E-state index in [1.54, 1.807) is 25.1 Å². The van der Waals surface area contributed by atoms with Crippen LogP contribution >= 0.6 is 34.4 Å². The zero-order valence-electron chi connectivity index (χ0n) is 25.5. The van der Waals surface area contributed by atoms with E-state index in [0.717, 1.165) is 11.1 Å². The molecule has 2 aromatic heterocycles. The minimum absolute atomic E-state index is 0.0548. The molecule has 1 aliphatic heterocycles. The van der Waals surface area contributed by atoms with Gasteiger partial charge in [0.05, 0.1) is 34.3 Å². The average Bonchev–Trinajstić information content (AvgIpc) is 3.74. The monoisotopic (exact) mass is 670 g/mol. The molecule has 3 heterocycles. The summed E-state index contributed by atoms with van der Waals surface area (Å²) in [7, 11) is 1.52. The highest BCUT2D eigenvalue weighted by Crippen LogP contribution is 2.46. The number of ketones is 1. The maximum absolute atomic E-state index is 14.0. The van der Waals surface area contributed by atoms with Crippen molar-refractivity contribution in [2.45, 2.75) is 43.5 Å². The molecule has 234 valence electrons. The number of nitrogens with zero attached hydrogens (tertiary/aromatic N) is 4. The van der Waals surface area contributed by atoms with Gasteiger partial charge in [-0.3, -0.25) is 14.5 Å². The van der Waals surface area contributed by atoms with Crippen LogP contribution in [-0.2, 0) is 17.2 Å². The van der Waals surface area contributed by atoms with Gasteiger partial charge in [-0.15, -0.1) is 21.5 Å². The number of Topliss-reactive ketones (excluding diaryl/α,β-unsaturated/α-hetero) is 1. The molecule has 46 heavy (non-hydrogen) atoms. The van der Waals surface area contributed by atoms with Gasteiger partial charge in [-0.2, -0.15) is 0 Å². The lowest BCUT2D eigenvalue weighted by molar-refractivity contribution is -0.117. The number of amides is 1. The number of hydrogen-bond acceptors (Lipinski definition) is 11. The molecule has 1 N–H and O–H groups in total. The normalized spacial score (nSPS) is 14.7. The van der Waals surface area contributed by atoms with Gasteiger partial charge in [0.1, 0.15) is 6.61 Å². The largest absolute Gasteiger partial charge is 0.503 e. The van der Waals surface area contributed by atoms with Crippen LogP contribution in [0.1, 0.15) is 48.7 Å². The zero-order chi connectivity index (χ0) is 32.4. The molecule has 1 aliphatic rings. The van der Waals surface area contributed by atoms with Crippen LogP contribution in [0.5, 0.6) is 11.5 Å². The van der Waals surface area contributed by atoms with Crippen molar-refractivity contribution in [2.24, 2.45) is 0 Å². The summed E-state index contributed by atoms with van der Waals surface area (Å²) < 4.78 is 12.4. The first-order valence-electron chi connectivity index (χ1n) is 14.4. The van der Waals surface area contributed by atoms with Gasteiger partial charge in [-0.1, -0.05) is 89.3 Å².